The van der Waals surface area contributed by atoms with Crippen LogP contribution in [-0.4, -0.2) is 74.9 Å². The van der Waals surface area contributed by atoms with Crippen molar-refractivity contribution in [2.75, 3.05) is 37.9 Å². The Hall–Kier alpha value is -4.56. The standard InChI is InChI=1S/C14H14N2O9S.C8H8N2O5S.C3H8/c1-14(7-24-13(18)25-8-14)12(17)23-4-5-26-11-3-2-9(15(19)20)6-10(11)16(21)22;11-3-4-16-8-2-1-6(9(12)13)5-7(8)10(14)15;1-3-2/h2-3,6H,4-5,7-8H2,1H3;1-2,5,11H,3-4H2;3H2,1-2H3/i;;1T. The molecule has 2 aromatic carbocycles. The third kappa shape index (κ3) is 12.5. The van der Waals surface area contributed by atoms with Gasteiger partial charge < -0.3 is 19.3 Å². The summed E-state index contributed by atoms with van der Waals surface area (Å²) in [6, 6.07) is 6.75. The molecule has 0 unspecified atom stereocenters. The second-order valence-electron chi connectivity index (χ2n) is 8.78. The quantitative estimate of drug-likeness (QED) is 0.0981. The maximum absolute atomic E-state index is 12.0. The van der Waals surface area contributed by atoms with Crippen molar-refractivity contribution < 1.29 is 50.0 Å². The molecule has 0 bridgehead atoms. The van der Waals surface area contributed by atoms with E-state index in [-0.39, 0.29) is 54.1 Å². The van der Waals surface area contributed by atoms with Crippen molar-refractivity contribution >= 4 is 58.4 Å². The van der Waals surface area contributed by atoms with E-state index >= 15 is 0 Å². The molecule has 2 aromatic rings. The first-order valence-corrected chi connectivity index (χ1v) is 14.7. The Balaban J connectivity index is 0.000000450. The summed E-state index contributed by atoms with van der Waals surface area (Å²) in [5.41, 5.74) is -2.52. The number of hydrogen-bond donors (Lipinski definition) is 1. The Bertz CT molecular complexity index is 1400. The lowest BCUT2D eigenvalue weighted by Gasteiger charge is -2.29. The van der Waals surface area contributed by atoms with Crippen LogP contribution in [0.15, 0.2) is 46.2 Å². The number of hydrogen-bond acceptors (Lipinski definition) is 16. The Morgan fingerprint density at radius 2 is 1.36 bits per heavy atom. The van der Waals surface area contributed by atoms with Gasteiger partial charge in [0, 0.05) is 25.0 Å². The molecular weight excluding hydrogens is 644 g/mol. The number of nitro benzene ring substituents is 4. The predicted molar refractivity (Wildman–Crippen MR) is 160 cm³/mol. The first kappa shape index (κ1) is 36.6. The largest absolute Gasteiger partial charge is 0.508 e. The van der Waals surface area contributed by atoms with Crippen LogP contribution in [0.4, 0.5) is 27.5 Å². The summed E-state index contributed by atoms with van der Waals surface area (Å²) in [5, 5.41) is 51.4. The number of nitro groups is 4. The lowest BCUT2D eigenvalue weighted by molar-refractivity contribution is -0.396. The molecule has 0 aliphatic carbocycles. The zero-order chi connectivity index (χ0) is 34.9. The number of benzene rings is 2. The van der Waals surface area contributed by atoms with E-state index in [2.05, 4.69) is 9.47 Å². The first-order chi connectivity index (χ1) is 21.7. The summed E-state index contributed by atoms with van der Waals surface area (Å²) < 4.78 is 20.9. The fraction of sp³-hybridized carbons (Fsp3) is 0.440. The lowest BCUT2D eigenvalue weighted by atomic mass is 9.93. The zero-order valence-corrected chi connectivity index (χ0v) is 25.6. The van der Waals surface area contributed by atoms with Crippen molar-refractivity contribution in [3.63, 3.8) is 0 Å². The number of carbonyl (C=O) groups is 2. The highest BCUT2D eigenvalue weighted by Crippen LogP contribution is 2.33. The van der Waals surface area contributed by atoms with Crippen LogP contribution < -0.4 is 0 Å². The highest BCUT2D eigenvalue weighted by Gasteiger charge is 2.41. The van der Waals surface area contributed by atoms with Gasteiger partial charge in [-0.2, -0.15) is 0 Å². The third-order valence-electron chi connectivity index (χ3n) is 5.13. The molecule has 0 spiro atoms. The van der Waals surface area contributed by atoms with Gasteiger partial charge in [0.05, 0.1) is 48.2 Å². The molecule has 0 aromatic heterocycles. The monoisotopic (exact) mass is 676 g/mol. The van der Waals surface area contributed by atoms with Gasteiger partial charge in [0.2, 0.25) is 0 Å². The molecule has 3 rings (SSSR count). The smallest absolute Gasteiger partial charge is 0.464 e. The van der Waals surface area contributed by atoms with Gasteiger partial charge in [-0.3, -0.25) is 45.3 Å². The predicted octanol–water partition coefficient (Wildman–Crippen LogP) is 5.32. The van der Waals surface area contributed by atoms with E-state index in [4.69, 9.17) is 11.2 Å². The molecule has 0 amide bonds. The number of nitrogens with zero attached hydrogens (tertiary/aromatic N) is 4. The summed E-state index contributed by atoms with van der Waals surface area (Å²) in [6.45, 7) is 3.60. The van der Waals surface area contributed by atoms with E-state index in [1.807, 2.05) is 6.92 Å². The molecule has 1 aliphatic rings. The second-order valence-corrected chi connectivity index (χ2v) is 11.1. The Morgan fingerprint density at radius 3 is 1.73 bits per heavy atom. The summed E-state index contributed by atoms with van der Waals surface area (Å²) in [4.78, 5) is 63.5. The van der Waals surface area contributed by atoms with Crippen molar-refractivity contribution in [1.29, 1.82) is 0 Å². The number of ether oxygens (including phenoxy) is 3. The average Bonchev–Trinajstić information content (AvgIpc) is 3.03. The summed E-state index contributed by atoms with van der Waals surface area (Å²) in [7, 11) is 0. The van der Waals surface area contributed by atoms with Crippen molar-refractivity contribution in [3.8, 4) is 0 Å². The Morgan fingerprint density at radius 1 is 0.911 bits per heavy atom. The van der Waals surface area contributed by atoms with E-state index in [1.54, 1.807) is 0 Å². The minimum Gasteiger partial charge on any atom is -0.464 e. The minimum absolute atomic E-state index is 0.0544. The summed E-state index contributed by atoms with van der Waals surface area (Å²) in [6.07, 6.45) is 0.135. The van der Waals surface area contributed by atoms with E-state index in [0.717, 1.165) is 48.1 Å². The van der Waals surface area contributed by atoms with Gasteiger partial charge in [0.1, 0.15) is 25.2 Å². The molecule has 246 valence electrons. The topological polar surface area (TPSA) is 255 Å². The Labute approximate surface area is 265 Å². The number of non-ortho nitro benzene ring substituents is 2. The van der Waals surface area contributed by atoms with Crippen LogP contribution in [0.25, 0.3) is 0 Å². The minimum atomic E-state index is -1.11. The molecule has 1 heterocycles. The van der Waals surface area contributed by atoms with Crippen LogP contribution in [0.2, 0.25) is 0 Å². The van der Waals surface area contributed by atoms with Gasteiger partial charge in [-0.15, -0.1) is 23.5 Å². The highest BCUT2D eigenvalue weighted by atomic mass is 32.2. The van der Waals surface area contributed by atoms with Crippen LogP contribution in [0.3, 0.4) is 0 Å². The summed E-state index contributed by atoms with van der Waals surface area (Å²) in [5.74, 6) is -0.122. The fourth-order valence-electron chi connectivity index (χ4n) is 3.02. The van der Waals surface area contributed by atoms with Crippen molar-refractivity contribution in [2.24, 2.45) is 5.41 Å². The Kier molecular flexibility index (Phi) is 15.4. The van der Waals surface area contributed by atoms with Crippen molar-refractivity contribution in [1.82, 2.24) is 0 Å². The summed E-state index contributed by atoms with van der Waals surface area (Å²) >= 11 is 2.11. The van der Waals surface area contributed by atoms with Gasteiger partial charge in [0.15, 0.2) is 0 Å². The number of aliphatic hydroxyl groups excluding tert-OH is 1. The molecule has 0 atom stereocenters. The number of cyclic esters (lactones) is 2. The lowest BCUT2D eigenvalue weighted by Crippen LogP contribution is -2.44. The molecule has 1 saturated heterocycles. The van der Waals surface area contributed by atoms with Gasteiger partial charge >= 0.3 is 12.1 Å². The fourth-order valence-corrected chi connectivity index (χ4v) is 4.61. The van der Waals surface area contributed by atoms with Gasteiger partial charge in [-0.05, 0) is 19.1 Å². The zero-order valence-electron chi connectivity index (χ0n) is 25.0. The van der Waals surface area contributed by atoms with Crippen LogP contribution in [0, 0.1) is 45.9 Å². The van der Waals surface area contributed by atoms with E-state index in [1.165, 1.54) is 25.1 Å². The molecule has 1 fully saturated rings. The molecule has 1 aliphatic heterocycles. The van der Waals surface area contributed by atoms with Crippen LogP contribution in [0.5, 0.6) is 0 Å². The maximum atomic E-state index is 12.0. The van der Waals surface area contributed by atoms with E-state index < -0.39 is 42.9 Å². The normalized spacial score (nSPS) is 13.2. The average molecular weight is 677 g/mol. The van der Waals surface area contributed by atoms with Crippen molar-refractivity contribution in [3.05, 3.63) is 76.9 Å². The molecular formula is C25H30N4O14S2. The SMILES string of the molecule is CC1(C(=O)OCCSc2ccc([N+](=O)[O-])cc2[N+](=O)[O-])COC(=O)OC1.O=[N+]([O-])c1ccc(SCCO)c([N+](=O)[O-])c1.[3H]CCC. The number of aliphatic hydroxyl groups is 1. The van der Waals surface area contributed by atoms with Crippen LogP contribution in [-0.2, 0) is 19.0 Å². The van der Waals surface area contributed by atoms with E-state index in [9.17, 15) is 50.0 Å². The van der Waals surface area contributed by atoms with Gasteiger partial charge in [0.25, 0.3) is 22.7 Å². The van der Waals surface area contributed by atoms with Crippen molar-refractivity contribution in [2.45, 2.75) is 37.0 Å². The van der Waals surface area contributed by atoms with Gasteiger partial charge in [-0.1, -0.05) is 20.2 Å². The molecule has 1 N–H and O–H groups in total. The third-order valence-corrected chi connectivity index (χ3v) is 7.20. The second kappa shape index (κ2) is 19.0. The molecule has 20 heteroatoms. The number of thioether (sulfide) groups is 2. The maximum Gasteiger partial charge on any atom is 0.508 e. The van der Waals surface area contributed by atoms with Crippen LogP contribution in [0.1, 0.15) is 28.5 Å². The van der Waals surface area contributed by atoms with Gasteiger partial charge in [-0.25, -0.2) is 4.79 Å². The van der Waals surface area contributed by atoms with Crippen LogP contribution >= 0.6 is 23.5 Å². The number of rotatable bonds is 12. The molecule has 0 saturated carbocycles. The van der Waals surface area contributed by atoms with E-state index in [0.29, 0.717) is 17.5 Å². The molecule has 0 radical (unpaired) electrons. The highest BCUT2D eigenvalue weighted by molar-refractivity contribution is 7.99. The number of carbonyl (C=O) groups excluding carboxylic acids is 2. The first-order valence-electron chi connectivity index (χ1n) is 13.4. The number of esters is 1. The molecule has 18 nitrogen and oxygen atoms in total. The molecule has 45 heavy (non-hydrogen) atoms.